The zero-order valence-electron chi connectivity index (χ0n) is 6.41. The molecule has 0 aromatic heterocycles. The van der Waals surface area contributed by atoms with Crippen molar-refractivity contribution in [2.75, 3.05) is 0 Å². The lowest BCUT2D eigenvalue weighted by atomic mass is 10.4. The van der Waals surface area contributed by atoms with Gasteiger partial charge in [0.2, 0.25) is 0 Å². The van der Waals surface area contributed by atoms with E-state index >= 15 is 0 Å². The third kappa shape index (κ3) is 3.48. The molecule has 5 nitrogen and oxygen atoms in total. The van der Waals surface area contributed by atoms with Crippen LogP contribution in [0.15, 0.2) is 0 Å². The Morgan fingerprint density at radius 2 is 2.08 bits per heavy atom. The Bertz CT molecular complexity index is 206. The molecule has 0 aromatic carbocycles. The van der Waals surface area contributed by atoms with E-state index in [9.17, 15) is 14.9 Å². The summed E-state index contributed by atoms with van der Waals surface area (Å²) >= 11 is 5.76. The van der Waals surface area contributed by atoms with E-state index in [1.165, 1.54) is 13.8 Å². The van der Waals surface area contributed by atoms with Crippen LogP contribution in [-0.4, -0.2) is 20.4 Å². The van der Waals surface area contributed by atoms with Crippen LogP contribution in [0.3, 0.4) is 0 Å². The fraction of sp³-hybridized carbons (Fsp3) is 0.800. The van der Waals surface area contributed by atoms with E-state index in [-0.39, 0.29) is 0 Å². The first kappa shape index (κ1) is 11.8. The van der Waals surface area contributed by atoms with Gasteiger partial charge < -0.3 is 4.74 Å². The Balaban J connectivity index is 4.38. The maximum absolute atomic E-state index is 10.5. The molecule has 0 heterocycles. The van der Waals surface area contributed by atoms with Gasteiger partial charge in [-0.25, -0.2) is 0 Å². The smallest absolute Gasteiger partial charge is 0.304 e. The van der Waals surface area contributed by atoms with E-state index in [4.69, 9.17) is 0 Å². The average Bonchev–Trinajstić information content (AvgIpc) is 1.82. The molecular weight excluding hydrogens is 298 g/mol. The van der Waals surface area contributed by atoms with Crippen LogP contribution in [0.25, 0.3) is 0 Å². The van der Waals surface area contributed by atoms with Crippen LogP contribution in [0.1, 0.15) is 13.8 Å². The lowest BCUT2D eigenvalue weighted by Gasteiger charge is -2.20. The monoisotopic (exact) mass is 303 g/mol. The second kappa shape index (κ2) is 4.18. The number of carbonyl (C=O) groups is 1. The molecule has 0 amide bonds. The lowest BCUT2D eigenvalue weighted by Crippen LogP contribution is -2.37. The molecule has 7 heteroatoms. The molecule has 0 saturated carbocycles. The molecule has 0 aromatic rings. The second-order valence-electron chi connectivity index (χ2n) is 2.12. The summed E-state index contributed by atoms with van der Waals surface area (Å²) in [4.78, 5) is 20.2. The SMILES string of the molecule is CC(=O)OC(Br)(Br)C(C)[N+](=O)[O-]. The minimum absolute atomic E-state index is 0.563. The van der Waals surface area contributed by atoms with Crippen LogP contribution >= 0.6 is 31.9 Å². The molecule has 0 fully saturated rings. The van der Waals surface area contributed by atoms with E-state index in [1.54, 1.807) is 0 Å². The van der Waals surface area contributed by atoms with Gasteiger partial charge in [0.1, 0.15) is 0 Å². The largest absolute Gasteiger partial charge is 0.430 e. The molecule has 1 unspecified atom stereocenters. The van der Waals surface area contributed by atoms with Crippen molar-refractivity contribution in [3.63, 3.8) is 0 Å². The summed E-state index contributed by atoms with van der Waals surface area (Å²) in [5.41, 5.74) is 0. The molecule has 0 N–H and O–H groups in total. The van der Waals surface area contributed by atoms with Crippen molar-refractivity contribution in [1.82, 2.24) is 0 Å². The number of hydrogen-bond donors (Lipinski definition) is 0. The number of halogens is 2. The summed E-state index contributed by atoms with van der Waals surface area (Å²) in [6.45, 7) is 2.48. The first-order chi connectivity index (χ1) is 5.27. The van der Waals surface area contributed by atoms with Crippen LogP contribution < -0.4 is 0 Å². The van der Waals surface area contributed by atoms with Gasteiger partial charge in [0.15, 0.2) is 0 Å². The Kier molecular flexibility index (Phi) is 4.12. The number of ether oxygens (including phenoxy) is 1. The highest BCUT2D eigenvalue weighted by molar-refractivity contribution is 9.25. The van der Waals surface area contributed by atoms with Gasteiger partial charge in [-0.3, -0.25) is 14.9 Å². The Morgan fingerprint density at radius 1 is 1.67 bits per heavy atom. The first-order valence-electron chi connectivity index (χ1n) is 2.98. The Labute approximate surface area is 85.9 Å². The summed E-state index contributed by atoms with van der Waals surface area (Å²) < 4.78 is 3.19. The molecule has 0 aliphatic heterocycles. The number of nitro groups is 1. The third-order valence-corrected chi connectivity index (χ3v) is 2.73. The topological polar surface area (TPSA) is 69.4 Å². The molecule has 0 aliphatic carbocycles. The van der Waals surface area contributed by atoms with Gasteiger partial charge in [-0.2, -0.15) is 0 Å². The minimum atomic E-state index is -1.42. The van der Waals surface area contributed by atoms with Gasteiger partial charge in [0.25, 0.3) is 9.46 Å². The molecule has 70 valence electrons. The highest BCUT2D eigenvalue weighted by Gasteiger charge is 2.42. The van der Waals surface area contributed by atoms with E-state index in [2.05, 4.69) is 36.6 Å². The molecule has 0 aliphatic rings. The summed E-state index contributed by atoms with van der Waals surface area (Å²) in [7, 11) is 0. The maximum Gasteiger partial charge on any atom is 0.304 e. The van der Waals surface area contributed by atoms with E-state index < -0.39 is 20.4 Å². The van der Waals surface area contributed by atoms with E-state index in [1.807, 2.05) is 0 Å². The normalized spacial score (nSPS) is 13.7. The molecule has 0 saturated heterocycles. The fourth-order valence-corrected chi connectivity index (χ4v) is 1.19. The Morgan fingerprint density at radius 3 is 2.33 bits per heavy atom. The standard InChI is InChI=1S/C5H7Br2NO4/c1-3(8(10)11)5(6,7)12-4(2)9/h3H,1-2H3. The van der Waals surface area contributed by atoms with Gasteiger partial charge in [0.05, 0.1) is 0 Å². The lowest BCUT2D eigenvalue weighted by molar-refractivity contribution is -0.525. The number of rotatable bonds is 3. The van der Waals surface area contributed by atoms with E-state index in [0.717, 1.165) is 0 Å². The van der Waals surface area contributed by atoms with Crippen molar-refractivity contribution in [3.05, 3.63) is 10.1 Å². The highest BCUT2D eigenvalue weighted by atomic mass is 79.9. The van der Waals surface area contributed by atoms with Crippen molar-refractivity contribution >= 4 is 37.8 Å². The minimum Gasteiger partial charge on any atom is -0.430 e. The number of carbonyl (C=O) groups excluding carboxylic acids is 1. The van der Waals surface area contributed by atoms with E-state index in [0.29, 0.717) is 0 Å². The predicted molar refractivity (Wildman–Crippen MR) is 48.8 cm³/mol. The molecule has 1 atom stereocenters. The second-order valence-corrected chi connectivity index (χ2v) is 5.54. The quantitative estimate of drug-likeness (QED) is 0.344. The Hall–Kier alpha value is -0.170. The summed E-state index contributed by atoms with van der Waals surface area (Å²) in [6, 6.07) is -1.07. The predicted octanol–water partition coefficient (Wildman–Crippen LogP) is 1.66. The van der Waals surface area contributed by atoms with Crippen molar-refractivity contribution in [2.45, 2.75) is 23.3 Å². The third-order valence-electron chi connectivity index (χ3n) is 1.08. The van der Waals surface area contributed by atoms with Gasteiger partial charge >= 0.3 is 5.97 Å². The summed E-state index contributed by atoms with van der Waals surface area (Å²) in [6.07, 6.45) is 0. The van der Waals surface area contributed by atoms with Crippen molar-refractivity contribution in [2.24, 2.45) is 0 Å². The van der Waals surface area contributed by atoms with Crippen LogP contribution in [0.2, 0.25) is 0 Å². The van der Waals surface area contributed by atoms with Crippen molar-refractivity contribution in [1.29, 1.82) is 0 Å². The molecule has 0 rings (SSSR count). The molecule has 0 spiro atoms. The molecular formula is C5H7Br2NO4. The number of esters is 1. The van der Waals surface area contributed by atoms with Crippen LogP contribution in [0.5, 0.6) is 0 Å². The number of nitrogens with zero attached hydrogens (tertiary/aromatic N) is 1. The van der Waals surface area contributed by atoms with Crippen LogP contribution in [0.4, 0.5) is 0 Å². The van der Waals surface area contributed by atoms with Crippen molar-refractivity contribution in [3.8, 4) is 0 Å². The average molecular weight is 305 g/mol. The summed E-state index contributed by atoms with van der Waals surface area (Å²) in [5, 5.41) is 10.3. The van der Waals surface area contributed by atoms with Crippen LogP contribution in [-0.2, 0) is 9.53 Å². The maximum atomic E-state index is 10.5. The fourth-order valence-electron chi connectivity index (χ4n) is 0.400. The zero-order chi connectivity index (χ0) is 9.94. The van der Waals surface area contributed by atoms with Crippen molar-refractivity contribution < 1.29 is 14.5 Å². The molecule has 0 bridgehead atoms. The molecule has 0 radical (unpaired) electrons. The van der Waals surface area contributed by atoms with Gasteiger partial charge in [-0.1, -0.05) is 0 Å². The number of alkyl halides is 2. The first-order valence-corrected chi connectivity index (χ1v) is 4.57. The van der Waals surface area contributed by atoms with Gasteiger partial charge in [0, 0.05) is 18.8 Å². The van der Waals surface area contributed by atoms with Gasteiger partial charge in [-0.05, 0) is 31.9 Å². The number of hydrogen-bond acceptors (Lipinski definition) is 4. The zero-order valence-corrected chi connectivity index (χ0v) is 9.59. The van der Waals surface area contributed by atoms with Crippen LogP contribution in [0, 0.1) is 10.1 Å². The van der Waals surface area contributed by atoms with Gasteiger partial charge in [-0.15, -0.1) is 0 Å². The highest BCUT2D eigenvalue weighted by Crippen LogP contribution is 2.33. The molecule has 12 heavy (non-hydrogen) atoms. The summed E-state index contributed by atoms with van der Waals surface area (Å²) in [5.74, 6) is -0.600.